The molecule has 2 aliphatic heterocycles. The summed E-state index contributed by atoms with van der Waals surface area (Å²) >= 11 is 0. The number of benzene rings is 14. The van der Waals surface area contributed by atoms with Crippen molar-refractivity contribution in [1.29, 1.82) is 5.26 Å². The van der Waals surface area contributed by atoms with Gasteiger partial charge in [0, 0.05) is 61.5 Å². The molecule has 0 amide bonds. The van der Waals surface area contributed by atoms with Crippen LogP contribution in [0, 0.1) is 17.9 Å². The van der Waals surface area contributed by atoms with E-state index in [0.717, 1.165) is 129 Å². The van der Waals surface area contributed by atoms with Gasteiger partial charge in [-0.1, -0.05) is 322 Å². The lowest BCUT2D eigenvalue weighted by atomic mass is 9.33. The number of aromatic nitrogens is 1. The fraction of sp³-hybridized carbons (Fsp3) is 0.189. The number of hydrogen-bond acceptors (Lipinski definition) is 3. The normalized spacial score (nSPS) is 12.9. The van der Waals surface area contributed by atoms with E-state index in [1.807, 2.05) is 24.3 Å². The number of hydrogen-bond donors (Lipinski definition) is 0. The molecule has 0 bridgehead atoms. The lowest BCUT2D eigenvalue weighted by Gasteiger charge is -2.46. The Morgan fingerprint density at radius 2 is 0.652 bits per heavy atom. The van der Waals surface area contributed by atoms with Crippen LogP contribution in [0.2, 0.25) is 0 Å². The molecule has 546 valence electrons. The number of fused-ring (bicyclic) bond motifs is 7. The van der Waals surface area contributed by atoms with E-state index in [9.17, 15) is 5.26 Å². The van der Waals surface area contributed by atoms with Crippen LogP contribution in [-0.2, 0) is 27.1 Å². The van der Waals surface area contributed by atoms with Crippen LogP contribution < -0.4 is 26.2 Å². The summed E-state index contributed by atoms with van der Waals surface area (Å²) in [6.07, 6.45) is 0. The van der Waals surface area contributed by atoms with E-state index in [1.54, 1.807) is 0 Å². The second-order valence-electron chi connectivity index (χ2n) is 36.1. The average molecular weight is 1450 g/mol. The van der Waals surface area contributed by atoms with Crippen molar-refractivity contribution in [2.45, 2.75) is 131 Å². The van der Waals surface area contributed by atoms with Gasteiger partial charge in [0.05, 0.1) is 40.6 Å². The molecular formula is C106H94BN5. The van der Waals surface area contributed by atoms with Crippen molar-refractivity contribution in [3.63, 3.8) is 0 Å². The number of para-hydroxylation sites is 2. The highest BCUT2D eigenvalue weighted by atomic mass is 15.2. The zero-order valence-electron chi connectivity index (χ0n) is 67.1. The molecule has 0 unspecified atom stereocenters. The fourth-order valence-electron chi connectivity index (χ4n) is 17.0. The first kappa shape index (κ1) is 72.4. The predicted octanol–water partition coefficient (Wildman–Crippen LogP) is 27.4. The Morgan fingerprint density at radius 3 is 1.06 bits per heavy atom. The van der Waals surface area contributed by atoms with Gasteiger partial charge in [-0.05, 0) is 206 Å². The van der Waals surface area contributed by atoms with Crippen LogP contribution in [0.1, 0.15) is 137 Å². The van der Waals surface area contributed by atoms with Crippen molar-refractivity contribution in [3.05, 3.63) is 342 Å². The van der Waals surface area contributed by atoms with E-state index in [0.29, 0.717) is 11.3 Å². The summed E-state index contributed by atoms with van der Waals surface area (Å²) in [6, 6.07) is 114. The van der Waals surface area contributed by atoms with Crippen LogP contribution >= 0.6 is 0 Å². The zero-order valence-corrected chi connectivity index (χ0v) is 67.1. The van der Waals surface area contributed by atoms with Crippen molar-refractivity contribution < 1.29 is 0 Å². The Morgan fingerprint density at radius 1 is 0.304 bits per heavy atom. The Labute approximate surface area is 662 Å². The smallest absolute Gasteiger partial charge is 0.252 e. The predicted molar refractivity (Wildman–Crippen MR) is 477 cm³/mol. The van der Waals surface area contributed by atoms with Crippen molar-refractivity contribution in [2.75, 3.05) is 9.80 Å². The third-order valence-corrected chi connectivity index (χ3v) is 23.3. The molecule has 2 aliphatic rings. The Balaban J connectivity index is 1.09. The number of nitriles is 1. The molecule has 0 spiro atoms. The maximum Gasteiger partial charge on any atom is 0.252 e. The average Bonchev–Trinajstić information content (AvgIpc) is 0.702. The van der Waals surface area contributed by atoms with E-state index in [1.165, 1.54) is 55.0 Å². The molecule has 0 aliphatic carbocycles. The van der Waals surface area contributed by atoms with E-state index in [2.05, 4.69) is 402 Å². The lowest BCUT2D eigenvalue weighted by molar-refractivity contribution is 0.568. The van der Waals surface area contributed by atoms with Gasteiger partial charge in [0.1, 0.15) is 0 Å². The van der Waals surface area contributed by atoms with Gasteiger partial charge >= 0.3 is 0 Å². The standard InChI is InChI=1S/C106H94BN5/c1-102(2,3)78-52-76(53-79(61-78)103(4,5)6)89-58-74(69-42-40-67(66-108)41-43-69)56-87(71-32-22-18-23-33-71)100(89)111-95-60-73(68-30-20-17-21-31-68)46-50-91(95)107-92-51-49-84(110-93-38-28-26-36-85(93)86-37-27-29-39-94(86)110)65-96(92)112(98-64-82(106(13,14)15)63-97(111)99(98)107)101-88(72-34-24-19-25-35-72)57-75(70-44-47-83(109-16)48-45-70)59-90(101)77-54-80(104(7,8)9)62-81(55-77)105(10,11)12/h17-65H,1-15H3. The van der Waals surface area contributed by atoms with Gasteiger partial charge in [0.15, 0.2) is 5.69 Å². The number of anilines is 6. The second kappa shape index (κ2) is 27.2. The van der Waals surface area contributed by atoms with Crippen molar-refractivity contribution in [3.8, 4) is 89.6 Å². The molecule has 0 atom stereocenters. The lowest BCUT2D eigenvalue weighted by Crippen LogP contribution is -2.61. The van der Waals surface area contributed by atoms with Crippen molar-refractivity contribution >= 4 is 84.7 Å². The van der Waals surface area contributed by atoms with Gasteiger partial charge in [-0.3, -0.25) is 0 Å². The summed E-state index contributed by atoms with van der Waals surface area (Å²) in [5, 5.41) is 12.7. The molecule has 0 N–H and O–H groups in total. The van der Waals surface area contributed by atoms with Crippen molar-refractivity contribution in [2.24, 2.45) is 0 Å². The summed E-state index contributed by atoms with van der Waals surface area (Å²) in [5.74, 6) is 0. The summed E-state index contributed by atoms with van der Waals surface area (Å²) in [4.78, 5) is 9.33. The first-order chi connectivity index (χ1) is 53.6. The minimum absolute atomic E-state index is 0.210. The summed E-state index contributed by atoms with van der Waals surface area (Å²) in [7, 11) is 0. The first-order valence-corrected chi connectivity index (χ1v) is 39.5. The van der Waals surface area contributed by atoms with Crippen molar-refractivity contribution in [1.82, 2.24) is 4.57 Å². The Kier molecular flexibility index (Phi) is 17.6. The molecule has 112 heavy (non-hydrogen) atoms. The molecule has 3 heterocycles. The molecule has 0 saturated carbocycles. The van der Waals surface area contributed by atoms with E-state index >= 15 is 0 Å². The molecule has 17 rings (SSSR count). The molecule has 5 nitrogen and oxygen atoms in total. The van der Waals surface area contributed by atoms with Crippen LogP contribution in [-0.4, -0.2) is 11.3 Å². The highest BCUT2D eigenvalue weighted by molar-refractivity contribution is 7.00. The molecule has 6 heteroatoms. The zero-order chi connectivity index (χ0) is 78.1. The van der Waals surface area contributed by atoms with Gasteiger partial charge in [-0.2, -0.15) is 5.26 Å². The van der Waals surface area contributed by atoms with Gasteiger partial charge in [0.25, 0.3) is 6.71 Å². The number of nitrogens with zero attached hydrogens (tertiary/aromatic N) is 5. The largest absolute Gasteiger partial charge is 0.310 e. The van der Waals surface area contributed by atoms with E-state index < -0.39 is 5.41 Å². The summed E-state index contributed by atoms with van der Waals surface area (Å²) in [5.41, 5.74) is 34.8. The second-order valence-corrected chi connectivity index (χ2v) is 36.1. The van der Waals surface area contributed by atoms with Crippen LogP contribution in [0.3, 0.4) is 0 Å². The SMILES string of the molecule is [C-]#[N+]c1ccc(-c2cc(-c3ccccc3)c(N3c4cc(-n5c6ccccc6c6ccccc65)ccc4B4c5ccc(-c6ccccc6)cc5N(c5c(-c6ccccc6)cc(-c6ccc(C#N)cc6)cc5-c5cc(C(C)(C)C)cc(C(C)(C)C)c5)c5cc(C(C)(C)C)cc3c54)c(-c3cc(C(C)(C)C)cc(C(C)(C)C)c3)c2)cc1. The highest BCUT2D eigenvalue weighted by Crippen LogP contribution is 2.57. The van der Waals surface area contributed by atoms with E-state index in [-0.39, 0.29) is 28.4 Å². The topological polar surface area (TPSA) is 39.6 Å². The molecule has 1 aromatic heterocycles. The van der Waals surface area contributed by atoms with Gasteiger partial charge in [0.2, 0.25) is 0 Å². The summed E-state index contributed by atoms with van der Waals surface area (Å²) in [6.45, 7) is 43.1. The molecule has 0 saturated heterocycles. The Hall–Kier alpha value is -12.5. The third kappa shape index (κ3) is 12.9. The van der Waals surface area contributed by atoms with Gasteiger partial charge in [-0.15, -0.1) is 0 Å². The molecule has 0 radical (unpaired) electrons. The third-order valence-electron chi connectivity index (χ3n) is 23.3. The maximum absolute atomic E-state index is 10.3. The minimum Gasteiger partial charge on any atom is -0.310 e. The van der Waals surface area contributed by atoms with Crippen LogP contribution in [0.4, 0.5) is 39.8 Å². The minimum atomic E-state index is -0.405. The fourth-order valence-corrected chi connectivity index (χ4v) is 17.0. The van der Waals surface area contributed by atoms with Crippen LogP contribution in [0.25, 0.3) is 110 Å². The molecule has 0 fully saturated rings. The van der Waals surface area contributed by atoms with Crippen LogP contribution in [0.5, 0.6) is 0 Å². The van der Waals surface area contributed by atoms with Crippen LogP contribution in [0.15, 0.2) is 297 Å². The van der Waals surface area contributed by atoms with Gasteiger partial charge in [-0.25, -0.2) is 4.85 Å². The molecule has 15 aromatic rings. The Bertz CT molecular complexity index is 6210. The summed E-state index contributed by atoms with van der Waals surface area (Å²) < 4.78 is 2.49. The van der Waals surface area contributed by atoms with E-state index in [4.69, 9.17) is 6.57 Å². The first-order valence-electron chi connectivity index (χ1n) is 39.5. The quantitative estimate of drug-likeness (QED) is 0.101. The molecule has 14 aromatic carbocycles. The highest BCUT2D eigenvalue weighted by Gasteiger charge is 2.47. The molecular weight excluding hydrogens is 1350 g/mol. The number of rotatable bonds is 10. The van der Waals surface area contributed by atoms with Gasteiger partial charge < -0.3 is 14.4 Å². The monoisotopic (exact) mass is 1450 g/mol. The maximum atomic E-state index is 10.3.